The van der Waals surface area contributed by atoms with Gasteiger partial charge in [0.15, 0.2) is 0 Å². The van der Waals surface area contributed by atoms with Gasteiger partial charge in [0, 0.05) is 18.2 Å². The molecule has 1 aromatic rings. The fourth-order valence-electron chi connectivity index (χ4n) is 1.72. The predicted molar refractivity (Wildman–Crippen MR) is 64.1 cm³/mol. The third-order valence-electron chi connectivity index (χ3n) is 3.05. The molecule has 0 radical (unpaired) electrons. The molecule has 0 aliphatic heterocycles. The van der Waals surface area contributed by atoms with E-state index in [2.05, 4.69) is 5.32 Å². The topological polar surface area (TPSA) is 62.5 Å². The van der Waals surface area contributed by atoms with Crippen LogP contribution in [-0.4, -0.2) is 23.2 Å². The molecule has 0 saturated heterocycles. The van der Waals surface area contributed by atoms with E-state index in [0.29, 0.717) is 12.5 Å². The molecule has 1 fully saturated rings. The molecule has 1 aliphatic rings. The summed E-state index contributed by atoms with van der Waals surface area (Å²) in [6.07, 6.45) is 8.32. The van der Waals surface area contributed by atoms with E-state index in [-0.39, 0.29) is 5.91 Å². The third kappa shape index (κ3) is 3.46. The largest absolute Gasteiger partial charge is 0.472 e. The minimum Gasteiger partial charge on any atom is -0.472 e. The summed E-state index contributed by atoms with van der Waals surface area (Å²) < 4.78 is 4.88. The molecule has 0 bridgehead atoms. The van der Waals surface area contributed by atoms with Crippen molar-refractivity contribution < 1.29 is 14.3 Å². The Bertz CT molecular complexity index is 402. The first-order chi connectivity index (χ1) is 8.08. The first-order valence-electron chi connectivity index (χ1n) is 5.78. The van der Waals surface area contributed by atoms with Crippen LogP contribution in [0.4, 0.5) is 0 Å². The van der Waals surface area contributed by atoms with Gasteiger partial charge in [-0.1, -0.05) is 0 Å². The van der Waals surface area contributed by atoms with Gasteiger partial charge in [-0.05, 0) is 37.8 Å². The normalized spacial score (nSPS) is 19.2. The molecule has 1 aromatic heterocycles. The predicted octanol–water partition coefficient (Wildman–Crippen LogP) is 1.57. The van der Waals surface area contributed by atoms with E-state index in [9.17, 15) is 9.90 Å². The second-order valence-corrected chi connectivity index (χ2v) is 4.74. The number of hydrogen-bond donors (Lipinski definition) is 2. The van der Waals surface area contributed by atoms with Gasteiger partial charge in [0.25, 0.3) is 0 Å². The fourth-order valence-corrected chi connectivity index (χ4v) is 1.72. The molecule has 1 unspecified atom stereocenters. The SMILES string of the molecule is CC(O)(CNC(=O)C=Cc1ccoc1)C1CC1. The smallest absolute Gasteiger partial charge is 0.244 e. The molecule has 17 heavy (non-hydrogen) atoms. The Labute approximate surface area is 100 Å². The number of rotatable bonds is 5. The van der Waals surface area contributed by atoms with Gasteiger partial charge in [0.05, 0.1) is 18.1 Å². The van der Waals surface area contributed by atoms with Crippen LogP contribution in [0, 0.1) is 5.92 Å². The van der Waals surface area contributed by atoms with Crippen molar-refractivity contribution in [1.29, 1.82) is 0 Å². The number of nitrogens with one attached hydrogen (secondary N) is 1. The highest BCUT2D eigenvalue weighted by Gasteiger charge is 2.39. The van der Waals surface area contributed by atoms with Crippen molar-refractivity contribution in [1.82, 2.24) is 5.32 Å². The molecular weight excluding hydrogens is 218 g/mol. The van der Waals surface area contributed by atoms with Crippen LogP contribution in [0.1, 0.15) is 25.3 Å². The lowest BCUT2D eigenvalue weighted by molar-refractivity contribution is -0.117. The van der Waals surface area contributed by atoms with Crippen molar-refractivity contribution in [2.24, 2.45) is 5.92 Å². The van der Waals surface area contributed by atoms with E-state index in [0.717, 1.165) is 18.4 Å². The maximum Gasteiger partial charge on any atom is 0.244 e. The number of amides is 1. The third-order valence-corrected chi connectivity index (χ3v) is 3.05. The van der Waals surface area contributed by atoms with Crippen molar-refractivity contribution in [2.75, 3.05) is 6.54 Å². The van der Waals surface area contributed by atoms with Crippen LogP contribution in [-0.2, 0) is 4.79 Å². The summed E-state index contributed by atoms with van der Waals surface area (Å²) in [5.74, 6) is 0.132. The van der Waals surface area contributed by atoms with E-state index < -0.39 is 5.60 Å². The summed E-state index contributed by atoms with van der Waals surface area (Å²) in [6.45, 7) is 2.07. The zero-order chi connectivity index (χ0) is 12.3. The van der Waals surface area contributed by atoms with Crippen molar-refractivity contribution in [3.63, 3.8) is 0 Å². The summed E-state index contributed by atoms with van der Waals surface area (Å²) in [4.78, 5) is 11.5. The second-order valence-electron chi connectivity index (χ2n) is 4.74. The highest BCUT2D eigenvalue weighted by atomic mass is 16.3. The quantitative estimate of drug-likeness (QED) is 0.761. The van der Waals surface area contributed by atoms with Crippen molar-refractivity contribution in [3.8, 4) is 0 Å². The summed E-state index contributed by atoms with van der Waals surface area (Å²) in [7, 11) is 0. The Morgan fingerprint density at radius 1 is 1.71 bits per heavy atom. The van der Waals surface area contributed by atoms with E-state index in [1.165, 1.54) is 6.08 Å². The van der Waals surface area contributed by atoms with Gasteiger partial charge in [-0.2, -0.15) is 0 Å². The average Bonchev–Trinajstić information content (AvgIpc) is 3.03. The average molecular weight is 235 g/mol. The molecule has 1 saturated carbocycles. The summed E-state index contributed by atoms with van der Waals surface area (Å²) in [6, 6.07) is 1.77. The molecule has 1 heterocycles. The minimum atomic E-state index is -0.779. The van der Waals surface area contributed by atoms with Gasteiger partial charge in [0.2, 0.25) is 5.91 Å². The molecule has 2 rings (SSSR count). The molecule has 92 valence electrons. The monoisotopic (exact) mass is 235 g/mol. The molecule has 4 nitrogen and oxygen atoms in total. The Morgan fingerprint density at radius 2 is 2.47 bits per heavy atom. The summed E-state index contributed by atoms with van der Waals surface area (Å²) >= 11 is 0. The van der Waals surface area contributed by atoms with E-state index in [4.69, 9.17) is 4.42 Å². The number of carbonyl (C=O) groups excluding carboxylic acids is 1. The molecule has 1 atom stereocenters. The van der Waals surface area contributed by atoms with Crippen molar-refractivity contribution in [2.45, 2.75) is 25.4 Å². The Kier molecular flexibility index (Phi) is 3.33. The van der Waals surface area contributed by atoms with Crippen LogP contribution in [0.2, 0.25) is 0 Å². The van der Waals surface area contributed by atoms with Gasteiger partial charge in [0.1, 0.15) is 0 Å². The summed E-state index contributed by atoms with van der Waals surface area (Å²) in [5, 5.41) is 12.7. The molecule has 4 heteroatoms. The Balaban J connectivity index is 1.77. The van der Waals surface area contributed by atoms with Gasteiger partial charge in [-0.3, -0.25) is 4.79 Å². The zero-order valence-electron chi connectivity index (χ0n) is 9.85. The standard InChI is InChI=1S/C13H17NO3/c1-13(16,11-3-4-11)9-14-12(15)5-2-10-6-7-17-8-10/h2,5-8,11,16H,3-4,9H2,1H3,(H,14,15). The van der Waals surface area contributed by atoms with Gasteiger partial charge in [-0.15, -0.1) is 0 Å². The molecular formula is C13H17NO3. The lowest BCUT2D eigenvalue weighted by Gasteiger charge is -2.22. The van der Waals surface area contributed by atoms with Crippen LogP contribution in [0.5, 0.6) is 0 Å². The molecule has 1 amide bonds. The Hall–Kier alpha value is -1.55. The van der Waals surface area contributed by atoms with E-state index >= 15 is 0 Å². The van der Waals surface area contributed by atoms with Crippen LogP contribution in [0.25, 0.3) is 6.08 Å². The first-order valence-corrected chi connectivity index (χ1v) is 5.78. The fraction of sp³-hybridized carbons (Fsp3) is 0.462. The molecule has 0 aromatic carbocycles. The van der Waals surface area contributed by atoms with E-state index in [1.54, 1.807) is 31.6 Å². The van der Waals surface area contributed by atoms with Crippen molar-refractivity contribution >= 4 is 12.0 Å². The van der Waals surface area contributed by atoms with Gasteiger partial charge < -0.3 is 14.8 Å². The van der Waals surface area contributed by atoms with Crippen molar-refractivity contribution in [3.05, 3.63) is 30.2 Å². The lowest BCUT2D eigenvalue weighted by atomic mass is 10.0. The van der Waals surface area contributed by atoms with Crippen LogP contribution < -0.4 is 5.32 Å². The van der Waals surface area contributed by atoms with Crippen LogP contribution in [0.15, 0.2) is 29.1 Å². The Morgan fingerprint density at radius 3 is 3.06 bits per heavy atom. The zero-order valence-corrected chi connectivity index (χ0v) is 9.85. The van der Waals surface area contributed by atoms with Gasteiger partial charge in [-0.25, -0.2) is 0 Å². The molecule has 2 N–H and O–H groups in total. The number of hydrogen-bond acceptors (Lipinski definition) is 3. The lowest BCUT2D eigenvalue weighted by Crippen LogP contribution is -2.41. The maximum atomic E-state index is 11.5. The number of carbonyl (C=O) groups is 1. The minimum absolute atomic E-state index is 0.202. The number of aliphatic hydroxyl groups is 1. The molecule has 0 spiro atoms. The van der Waals surface area contributed by atoms with Gasteiger partial charge >= 0.3 is 0 Å². The summed E-state index contributed by atoms with van der Waals surface area (Å²) in [5.41, 5.74) is 0.0631. The van der Waals surface area contributed by atoms with E-state index in [1.807, 2.05) is 0 Å². The first kappa shape index (κ1) is 11.9. The highest BCUT2D eigenvalue weighted by Crippen LogP contribution is 2.38. The molecule has 1 aliphatic carbocycles. The highest BCUT2D eigenvalue weighted by molar-refractivity contribution is 5.91. The number of furan rings is 1. The van der Waals surface area contributed by atoms with Crippen LogP contribution in [0.3, 0.4) is 0 Å². The van der Waals surface area contributed by atoms with Crippen LogP contribution >= 0.6 is 0 Å². The second kappa shape index (κ2) is 4.75. The maximum absolute atomic E-state index is 11.5.